The van der Waals surface area contributed by atoms with Crippen LogP contribution in [-0.2, 0) is 37.2 Å². The molecule has 0 aliphatic rings. The van der Waals surface area contributed by atoms with Crippen LogP contribution in [0.4, 0.5) is 0 Å². The zero-order chi connectivity index (χ0) is 13.3. The van der Waals surface area contributed by atoms with Crippen LogP contribution in [0.1, 0.15) is 11.4 Å². The fourth-order valence-corrected chi connectivity index (χ4v) is 1.74. The van der Waals surface area contributed by atoms with Gasteiger partial charge in [-0.2, -0.15) is 24.7 Å². The van der Waals surface area contributed by atoms with Gasteiger partial charge >= 0.3 is 0 Å². The van der Waals surface area contributed by atoms with Gasteiger partial charge in [0.1, 0.15) is 5.82 Å². The van der Waals surface area contributed by atoms with Crippen molar-refractivity contribution < 1.29 is 17.1 Å². The van der Waals surface area contributed by atoms with E-state index >= 15 is 0 Å². The second-order valence-corrected chi connectivity index (χ2v) is 4.31. The van der Waals surface area contributed by atoms with Crippen LogP contribution in [0.2, 0.25) is 0 Å². The van der Waals surface area contributed by atoms with Gasteiger partial charge in [0.25, 0.3) is 0 Å². The van der Waals surface area contributed by atoms with Gasteiger partial charge in [-0.3, -0.25) is 0 Å². The van der Waals surface area contributed by atoms with Crippen molar-refractivity contribution >= 4 is 0 Å². The third kappa shape index (κ3) is 5.57. The number of imidazole rings is 1. The van der Waals surface area contributed by atoms with E-state index in [-0.39, 0.29) is 17.1 Å². The Bertz CT molecular complexity index is 521. The van der Waals surface area contributed by atoms with E-state index < -0.39 is 0 Å². The molecule has 0 spiro atoms. The Morgan fingerprint density at radius 1 is 1.25 bits per heavy atom. The van der Waals surface area contributed by atoms with Crippen LogP contribution < -0.4 is 5.32 Å². The van der Waals surface area contributed by atoms with Crippen molar-refractivity contribution in [1.82, 2.24) is 14.9 Å². The Morgan fingerprint density at radius 2 is 1.95 bits per heavy atom. The summed E-state index contributed by atoms with van der Waals surface area (Å²) in [5, 5.41) is 3.35. The summed E-state index contributed by atoms with van der Waals surface area (Å²) >= 11 is 0. The second-order valence-electron chi connectivity index (χ2n) is 4.31. The summed E-state index contributed by atoms with van der Waals surface area (Å²) in [6, 6.07) is 18.3. The number of nitrogens with one attached hydrogen (secondary N) is 1. The van der Waals surface area contributed by atoms with Crippen LogP contribution >= 0.6 is 0 Å². The van der Waals surface area contributed by atoms with E-state index in [1.54, 1.807) is 0 Å². The minimum Gasteiger partial charge on any atom is -0.748 e. The van der Waals surface area contributed by atoms with E-state index in [2.05, 4.69) is 34.6 Å². The maximum absolute atomic E-state index is 4.24. The minimum atomic E-state index is 0. The molecule has 112 valence electrons. The standard InChI is InChI=1S/C11H14N3.C5H5.Fe/c1-14-7-6-13-11(14)9-12-8-10-4-2-3-5-10;1-2-4-5-3-1;/h2-7,12H,8-9H2,1H3;1-5H;/q-5;-1;. The van der Waals surface area contributed by atoms with Crippen molar-refractivity contribution in [2.75, 3.05) is 0 Å². The Balaban J connectivity index is 0.000000283. The molecule has 0 saturated carbocycles. The van der Waals surface area contributed by atoms with Crippen molar-refractivity contribution in [1.29, 1.82) is 0 Å². The summed E-state index contributed by atoms with van der Waals surface area (Å²) in [4.78, 5) is 4.24. The first-order valence-electron chi connectivity index (χ1n) is 6.40. The largest absolute Gasteiger partial charge is 0.748 e. The molecule has 0 atom stereocenters. The van der Waals surface area contributed by atoms with Crippen molar-refractivity contribution in [2.45, 2.75) is 13.1 Å². The number of rotatable bonds is 4. The summed E-state index contributed by atoms with van der Waals surface area (Å²) in [5.41, 5.74) is 1.32. The van der Waals surface area contributed by atoms with Gasteiger partial charge < -0.3 is 39.7 Å². The molecule has 0 unspecified atom stereocenters. The second kappa shape index (κ2) is 9.32. The molecule has 1 heterocycles. The van der Waals surface area contributed by atoms with Gasteiger partial charge in [-0.25, -0.2) is 17.1 Å². The van der Waals surface area contributed by atoms with E-state index in [1.165, 1.54) is 5.56 Å². The summed E-state index contributed by atoms with van der Waals surface area (Å²) in [6.07, 6.45) is 3.78. The first-order chi connectivity index (χ1) is 9.36. The number of aryl methyl sites for hydroxylation is 1. The molecule has 4 heteroatoms. The van der Waals surface area contributed by atoms with Gasteiger partial charge in [0.05, 0.1) is 6.54 Å². The van der Waals surface area contributed by atoms with Crippen LogP contribution in [0.15, 0.2) is 67.0 Å². The van der Waals surface area contributed by atoms with Gasteiger partial charge in [-0.1, -0.05) is 0 Å². The molecular formula is C16H19FeN3-6. The molecule has 0 radical (unpaired) electrons. The number of hydrogen-bond donors (Lipinski definition) is 1. The van der Waals surface area contributed by atoms with Gasteiger partial charge in [-0.05, 0) is 0 Å². The minimum absolute atomic E-state index is 0. The summed E-state index contributed by atoms with van der Waals surface area (Å²) in [5.74, 6) is 1.07. The van der Waals surface area contributed by atoms with Crippen molar-refractivity contribution in [2.24, 2.45) is 7.05 Å². The Morgan fingerprint density at radius 3 is 2.45 bits per heavy atom. The van der Waals surface area contributed by atoms with Crippen LogP contribution in [0.25, 0.3) is 0 Å². The molecule has 20 heavy (non-hydrogen) atoms. The third-order valence-corrected chi connectivity index (χ3v) is 2.82. The maximum atomic E-state index is 4.24. The maximum Gasteiger partial charge on any atom is 0.122 e. The van der Waals surface area contributed by atoms with E-state index in [0.717, 1.165) is 18.9 Å². The normalized spacial score (nSPS) is 9.45. The molecular weight excluding hydrogens is 290 g/mol. The fourth-order valence-electron chi connectivity index (χ4n) is 1.74. The molecule has 3 nitrogen and oxygen atoms in total. The third-order valence-electron chi connectivity index (χ3n) is 2.82. The van der Waals surface area contributed by atoms with Crippen LogP contribution in [0, 0.1) is 0 Å². The molecule has 1 N–H and O–H groups in total. The summed E-state index contributed by atoms with van der Waals surface area (Å²) in [7, 11) is 2.01. The van der Waals surface area contributed by atoms with Crippen molar-refractivity contribution in [3.05, 3.63) is 78.4 Å². The molecule has 0 aliphatic carbocycles. The van der Waals surface area contributed by atoms with E-state index in [0.29, 0.717) is 0 Å². The SMILES string of the molecule is Cn1ccnc1CNC[c-]1[cH-][cH-][cH-][cH-]1.[Fe].c1cc[cH-]c1. The fraction of sp³-hybridized carbons (Fsp3) is 0.188. The van der Waals surface area contributed by atoms with Crippen LogP contribution in [-0.4, -0.2) is 9.55 Å². The van der Waals surface area contributed by atoms with Crippen molar-refractivity contribution in [3.8, 4) is 0 Å². The zero-order valence-corrected chi connectivity index (χ0v) is 12.6. The Labute approximate surface area is 130 Å². The smallest absolute Gasteiger partial charge is 0.122 e. The van der Waals surface area contributed by atoms with E-state index in [9.17, 15) is 0 Å². The monoisotopic (exact) mass is 309 g/mol. The molecule has 0 saturated heterocycles. The van der Waals surface area contributed by atoms with E-state index in [4.69, 9.17) is 0 Å². The molecule has 0 bridgehead atoms. The summed E-state index contributed by atoms with van der Waals surface area (Å²) in [6.45, 7) is 1.72. The van der Waals surface area contributed by atoms with Crippen LogP contribution in [0.5, 0.6) is 0 Å². The molecule has 3 aromatic rings. The predicted molar refractivity (Wildman–Crippen MR) is 77.8 cm³/mol. The molecule has 3 rings (SSSR count). The average Bonchev–Trinajstić information content (AvgIpc) is 3.13. The molecule has 0 amide bonds. The first-order valence-corrected chi connectivity index (χ1v) is 6.40. The van der Waals surface area contributed by atoms with Gasteiger partial charge in [-0.15, -0.1) is 0 Å². The van der Waals surface area contributed by atoms with E-state index in [1.807, 2.05) is 54.3 Å². The number of nitrogens with zero attached hydrogens (tertiary/aromatic N) is 2. The Kier molecular flexibility index (Phi) is 7.66. The number of hydrogen-bond acceptors (Lipinski definition) is 2. The quantitative estimate of drug-likeness (QED) is 0.593. The van der Waals surface area contributed by atoms with Crippen LogP contribution in [0.3, 0.4) is 0 Å². The first kappa shape index (κ1) is 16.4. The van der Waals surface area contributed by atoms with Gasteiger partial charge in [0.2, 0.25) is 0 Å². The predicted octanol–water partition coefficient (Wildman–Crippen LogP) is 2.83. The van der Waals surface area contributed by atoms with Gasteiger partial charge in [0.15, 0.2) is 0 Å². The average molecular weight is 309 g/mol. The molecule has 2 aromatic carbocycles. The topological polar surface area (TPSA) is 29.9 Å². The van der Waals surface area contributed by atoms with Crippen molar-refractivity contribution in [3.63, 3.8) is 0 Å². The molecule has 1 aromatic heterocycles. The Hall–Kier alpha value is -1.61. The molecule has 0 aliphatic heterocycles. The summed E-state index contributed by atoms with van der Waals surface area (Å²) < 4.78 is 2.03. The number of aromatic nitrogens is 2. The molecule has 0 fully saturated rings. The zero-order valence-electron chi connectivity index (χ0n) is 11.5. The van der Waals surface area contributed by atoms with Gasteiger partial charge in [0, 0.05) is 36.5 Å².